The molecule has 0 unspecified atom stereocenters. The fourth-order valence-corrected chi connectivity index (χ4v) is 6.93. The molecule has 3 rings (SSSR count). The summed E-state index contributed by atoms with van der Waals surface area (Å²) in [5, 5.41) is 23.0. The van der Waals surface area contributed by atoms with Crippen LogP contribution in [0, 0.1) is 25.2 Å². The predicted molar refractivity (Wildman–Crippen MR) is 201 cm³/mol. The van der Waals surface area contributed by atoms with E-state index in [-0.39, 0.29) is 62.8 Å². The van der Waals surface area contributed by atoms with Crippen molar-refractivity contribution in [3.63, 3.8) is 0 Å². The van der Waals surface area contributed by atoms with Gasteiger partial charge in [0.25, 0.3) is 0 Å². The molecule has 0 spiro atoms. The molecule has 0 saturated carbocycles. The molecule has 2 N–H and O–H groups in total. The Morgan fingerprint density at radius 1 is 0.596 bits per heavy atom. The van der Waals surface area contributed by atoms with E-state index in [2.05, 4.69) is 109 Å². The predicted octanol–water partition coefficient (Wildman–Crippen LogP) is 12.1. The van der Waals surface area contributed by atoms with E-state index in [0.29, 0.717) is 22.5 Å². The molecule has 0 aliphatic heterocycles. The maximum absolute atomic E-state index is 11.6. The minimum Gasteiger partial charge on any atom is -0.507 e. The zero-order chi connectivity index (χ0) is 34.2. The number of hydrogen-bond donors (Lipinski definition) is 2. The van der Waals surface area contributed by atoms with E-state index in [4.69, 9.17) is 9.98 Å². The first-order chi connectivity index (χ1) is 20.4. The molecule has 0 amide bonds. The summed E-state index contributed by atoms with van der Waals surface area (Å²) in [4.78, 5) is 9.65. The van der Waals surface area contributed by atoms with Gasteiger partial charge in [-0.2, -0.15) is 0 Å². The van der Waals surface area contributed by atoms with Gasteiger partial charge >= 0.3 is 0 Å². The Morgan fingerprint density at radius 3 is 1.36 bits per heavy atom. The standard InChI is InChI=1S/C41H58N2O2.CH3.Co/c1-27-19-28(35(44)31(20-27)40(11,12)25-37(2,3)4)23-42-33-17-15-16-18-34(33)43-24-29-21-30(39(8,9)10)22-32(36(29)45)41(13,14)26-38(5,6)7;;/h15-24,44-45H,25-26H2,1-14H3;1H3;/q;-1;. The van der Waals surface area contributed by atoms with Crippen molar-refractivity contribution in [2.24, 2.45) is 20.8 Å². The molecule has 5 heteroatoms. The topological polar surface area (TPSA) is 65.2 Å². The van der Waals surface area contributed by atoms with E-state index in [1.807, 2.05) is 36.4 Å². The van der Waals surface area contributed by atoms with E-state index in [0.717, 1.165) is 35.1 Å². The van der Waals surface area contributed by atoms with Gasteiger partial charge in [-0.15, -0.1) is 0 Å². The normalized spacial score (nSPS) is 13.1. The third kappa shape index (κ3) is 11.4. The van der Waals surface area contributed by atoms with Crippen LogP contribution in [0.1, 0.15) is 136 Å². The minimum atomic E-state index is -0.232. The van der Waals surface area contributed by atoms with Crippen molar-refractivity contribution in [3.05, 3.63) is 89.3 Å². The number of nitrogens with zero attached hydrogens (tertiary/aromatic N) is 2. The summed E-state index contributed by atoms with van der Waals surface area (Å²) in [5.74, 6) is 0.547. The average Bonchev–Trinajstić information content (AvgIpc) is 2.85. The Hall–Kier alpha value is -2.89. The number of phenols is 2. The Labute approximate surface area is 297 Å². The second kappa shape index (κ2) is 15.1. The molecule has 1 radical (unpaired) electrons. The molecule has 3 aromatic carbocycles. The number of phenolic OH excluding ortho intramolecular Hbond substituents is 2. The fraction of sp³-hybridized carbons (Fsp3) is 0.500. The van der Waals surface area contributed by atoms with Crippen molar-refractivity contribution in [3.8, 4) is 11.5 Å². The molecule has 0 aliphatic carbocycles. The number of aliphatic imine (C=N–C) groups is 2. The third-order valence-electron chi connectivity index (χ3n) is 8.26. The van der Waals surface area contributed by atoms with Crippen molar-refractivity contribution in [1.29, 1.82) is 0 Å². The summed E-state index contributed by atoms with van der Waals surface area (Å²) in [6.45, 7) is 30.9. The van der Waals surface area contributed by atoms with Crippen molar-refractivity contribution in [2.45, 2.75) is 126 Å². The number of benzene rings is 3. The zero-order valence-electron chi connectivity index (χ0n) is 31.8. The minimum absolute atomic E-state index is 0. The maximum atomic E-state index is 11.6. The van der Waals surface area contributed by atoms with Crippen LogP contribution in [-0.4, -0.2) is 22.6 Å². The summed E-state index contributed by atoms with van der Waals surface area (Å²) in [5.41, 5.74) is 6.56. The van der Waals surface area contributed by atoms with Crippen molar-refractivity contribution in [2.75, 3.05) is 0 Å². The van der Waals surface area contributed by atoms with Gasteiger partial charge in [-0.1, -0.05) is 114 Å². The monoisotopic (exact) mass is 684 g/mol. The Kier molecular flexibility index (Phi) is 13.5. The van der Waals surface area contributed by atoms with Crippen molar-refractivity contribution < 1.29 is 27.0 Å². The largest absolute Gasteiger partial charge is 0.507 e. The molecule has 261 valence electrons. The molecule has 0 bridgehead atoms. The number of rotatable bonds is 8. The van der Waals surface area contributed by atoms with E-state index in [1.165, 1.54) is 0 Å². The maximum Gasteiger partial charge on any atom is 0.128 e. The SMILES string of the molecule is Cc1cc(C=Nc2ccccc2N=Cc2cc(C(C)(C)C)cc(C(C)(C)CC(C)(C)C)c2O)c(O)c(C(C)(C)CC(C)(C)C)c1.[CH3-].[Co]. The van der Waals surface area contributed by atoms with Gasteiger partial charge in [-0.25, -0.2) is 0 Å². The van der Waals surface area contributed by atoms with E-state index < -0.39 is 0 Å². The van der Waals surface area contributed by atoms with Crippen LogP contribution in [0.5, 0.6) is 11.5 Å². The number of aryl methyl sites for hydroxylation is 1. The summed E-state index contributed by atoms with van der Waals surface area (Å²) in [7, 11) is 0. The van der Waals surface area contributed by atoms with Crippen LogP contribution in [0.25, 0.3) is 0 Å². The summed E-state index contributed by atoms with van der Waals surface area (Å²) >= 11 is 0. The van der Waals surface area contributed by atoms with Gasteiger partial charge in [0.2, 0.25) is 0 Å². The van der Waals surface area contributed by atoms with Gasteiger partial charge in [0.15, 0.2) is 0 Å². The van der Waals surface area contributed by atoms with E-state index in [9.17, 15) is 10.2 Å². The second-order valence-corrected chi connectivity index (χ2v) is 17.7. The molecule has 0 fully saturated rings. The number of para-hydroxylation sites is 2. The van der Waals surface area contributed by atoms with Crippen LogP contribution in [-0.2, 0) is 33.0 Å². The quantitative estimate of drug-likeness (QED) is 0.183. The molecule has 4 nitrogen and oxygen atoms in total. The summed E-state index contributed by atoms with van der Waals surface area (Å²) < 4.78 is 0. The third-order valence-corrected chi connectivity index (χ3v) is 8.26. The summed E-state index contributed by atoms with van der Waals surface area (Å²) in [6.07, 6.45) is 5.35. The molecule has 0 atom stereocenters. The Balaban J connectivity index is 0.00000552. The zero-order valence-corrected chi connectivity index (χ0v) is 32.9. The second-order valence-electron chi connectivity index (χ2n) is 17.7. The van der Waals surface area contributed by atoms with Gasteiger partial charge in [-0.3, -0.25) is 9.98 Å². The van der Waals surface area contributed by atoms with Crippen molar-refractivity contribution in [1.82, 2.24) is 0 Å². The average molecular weight is 685 g/mol. The van der Waals surface area contributed by atoms with Crippen LogP contribution in [0.4, 0.5) is 11.4 Å². The Morgan fingerprint density at radius 2 is 0.979 bits per heavy atom. The van der Waals surface area contributed by atoms with Crippen LogP contribution in [0.2, 0.25) is 0 Å². The van der Waals surface area contributed by atoms with Crippen LogP contribution in [0.3, 0.4) is 0 Å². The first-order valence-corrected chi connectivity index (χ1v) is 16.3. The van der Waals surface area contributed by atoms with E-state index >= 15 is 0 Å². The molecule has 0 aliphatic rings. The summed E-state index contributed by atoms with van der Waals surface area (Å²) in [6, 6.07) is 16.0. The van der Waals surface area contributed by atoms with Gasteiger partial charge in [0.05, 0.1) is 11.4 Å². The molecule has 0 saturated heterocycles. The molecule has 0 aromatic heterocycles. The van der Waals surface area contributed by atoms with E-state index in [1.54, 1.807) is 12.4 Å². The molecule has 47 heavy (non-hydrogen) atoms. The fourth-order valence-electron chi connectivity index (χ4n) is 6.93. The van der Waals surface area contributed by atoms with Crippen LogP contribution >= 0.6 is 0 Å². The van der Waals surface area contributed by atoms with Gasteiger partial charge < -0.3 is 17.6 Å². The molecular formula is C42H61CoN2O2-. The van der Waals surface area contributed by atoms with Crippen molar-refractivity contribution >= 4 is 23.8 Å². The Bertz CT molecular complexity index is 1580. The van der Waals surface area contributed by atoms with Crippen LogP contribution in [0.15, 0.2) is 58.5 Å². The van der Waals surface area contributed by atoms with Gasteiger partial charge in [0, 0.05) is 51.5 Å². The van der Waals surface area contributed by atoms with Crippen LogP contribution < -0.4 is 0 Å². The molecular weight excluding hydrogens is 623 g/mol. The molecule has 3 aromatic rings. The molecule has 0 heterocycles. The first-order valence-electron chi connectivity index (χ1n) is 16.3. The van der Waals surface area contributed by atoms with Gasteiger partial charge in [0.1, 0.15) is 11.5 Å². The first kappa shape index (κ1) is 42.1. The van der Waals surface area contributed by atoms with Gasteiger partial charge in [-0.05, 0) is 82.2 Å². The smallest absolute Gasteiger partial charge is 0.128 e. The number of aromatic hydroxyl groups is 2. The number of hydrogen-bond acceptors (Lipinski definition) is 4.